The maximum Gasteiger partial charge on any atom is 0.320 e. The Bertz CT molecular complexity index is 378. The summed E-state index contributed by atoms with van der Waals surface area (Å²) < 4.78 is 0. The van der Waals surface area contributed by atoms with Crippen molar-refractivity contribution in [2.75, 3.05) is 0 Å². The van der Waals surface area contributed by atoms with E-state index in [-0.39, 0.29) is 18.8 Å². The van der Waals surface area contributed by atoms with Crippen molar-refractivity contribution in [1.82, 2.24) is 0 Å². The lowest BCUT2D eigenvalue weighted by atomic mass is 10.0. The van der Waals surface area contributed by atoms with E-state index < -0.39 is 17.9 Å². The Morgan fingerprint density at radius 3 is 2.12 bits per heavy atom. The number of nitrogens with two attached hydrogens (primary N) is 2. The van der Waals surface area contributed by atoms with E-state index >= 15 is 0 Å². The van der Waals surface area contributed by atoms with Crippen molar-refractivity contribution >= 4 is 24.3 Å². The fourth-order valence-electron chi connectivity index (χ4n) is 1.15. The van der Waals surface area contributed by atoms with Crippen LogP contribution in [0.25, 0.3) is 0 Å². The number of carboxylic acid groups (broad SMARTS) is 1. The number of hydrogen-bond donors (Lipinski definition) is 3. The predicted molar refractivity (Wildman–Crippen MR) is 61.5 cm³/mol. The van der Waals surface area contributed by atoms with E-state index in [0.717, 1.165) is 5.56 Å². The SMILES string of the molecule is Cl.NC(=O)c1ccc(C[C@H](N)C(=O)O)cc1. The summed E-state index contributed by atoms with van der Waals surface area (Å²) >= 11 is 0. The summed E-state index contributed by atoms with van der Waals surface area (Å²) in [7, 11) is 0. The maximum absolute atomic E-state index is 10.7. The van der Waals surface area contributed by atoms with Crippen molar-refractivity contribution in [3.8, 4) is 0 Å². The first kappa shape index (κ1) is 14.4. The van der Waals surface area contributed by atoms with E-state index in [9.17, 15) is 9.59 Å². The Morgan fingerprint density at radius 1 is 1.25 bits per heavy atom. The number of halogens is 1. The zero-order chi connectivity index (χ0) is 11.4. The molecule has 0 spiro atoms. The summed E-state index contributed by atoms with van der Waals surface area (Å²) in [5.41, 5.74) is 11.6. The molecule has 5 nitrogen and oxygen atoms in total. The van der Waals surface area contributed by atoms with Gasteiger partial charge in [0.25, 0.3) is 0 Å². The summed E-state index contributed by atoms with van der Waals surface area (Å²) in [4.78, 5) is 21.2. The van der Waals surface area contributed by atoms with Crippen LogP contribution in [0.2, 0.25) is 0 Å². The molecule has 0 aliphatic carbocycles. The van der Waals surface area contributed by atoms with Crippen LogP contribution in [-0.2, 0) is 11.2 Å². The summed E-state index contributed by atoms with van der Waals surface area (Å²) in [6.07, 6.45) is 0.231. The van der Waals surface area contributed by atoms with Crippen LogP contribution in [0, 0.1) is 0 Å². The zero-order valence-electron chi connectivity index (χ0n) is 8.42. The van der Waals surface area contributed by atoms with Gasteiger partial charge in [0.1, 0.15) is 6.04 Å². The average molecular weight is 245 g/mol. The van der Waals surface area contributed by atoms with Crippen LogP contribution >= 0.6 is 12.4 Å². The molecular weight excluding hydrogens is 232 g/mol. The van der Waals surface area contributed by atoms with Gasteiger partial charge in [0, 0.05) is 5.56 Å². The number of aliphatic carboxylic acids is 1. The van der Waals surface area contributed by atoms with Crippen LogP contribution in [0.3, 0.4) is 0 Å². The molecule has 1 atom stereocenters. The minimum atomic E-state index is -1.05. The van der Waals surface area contributed by atoms with Gasteiger partial charge in [-0.1, -0.05) is 12.1 Å². The molecule has 0 radical (unpaired) electrons. The number of carboxylic acids is 1. The Labute approximate surface area is 98.8 Å². The van der Waals surface area contributed by atoms with Gasteiger partial charge in [-0.25, -0.2) is 0 Å². The van der Waals surface area contributed by atoms with Gasteiger partial charge in [0.15, 0.2) is 0 Å². The van der Waals surface area contributed by atoms with Crippen molar-refractivity contribution in [2.24, 2.45) is 11.5 Å². The van der Waals surface area contributed by atoms with Gasteiger partial charge in [-0.2, -0.15) is 0 Å². The smallest absolute Gasteiger partial charge is 0.320 e. The molecular formula is C10H13ClN2O3. The van der Waals surface area contributed by atoms with E-state index in [0.29, 0.717) is 5.56 Å². The van der Waals surface area contributed by atoms with Gasteiger partial charge in [-0.15, -0.1) is 12.4 Å². The number of amides is 1. The molecule has 1 aromatic rings. The molecule has 0 saturated heterocycles. The molecule has 0 aliphatic rings. The number of rotatable bonds is 4. The van der Waals surface area contributed by atoms with E-state index in [2.05, 4.69) is 0 Å². The molecule has 0 bridgehead atoms. The third-order valence-corrected chi connectivity index (χ3v) is 2.01. The highest BCUT2D eigenvalue weighted by atomic mass is 35.5. The highest BCUT2D eigenvalue weighted by Crippen LogP contribution is 2.06. The largest absolute Gasteiger partial charge is 0.480 e. The number of hydrogen-bond acceptors (Lipinski definition) is 3. The summed E-state index contributed by atoms with van der Waals surface area (Å²) in [6.45, 7) is 0. The molecule has 1 rings (SSSR count). The van der Waals surface area contributed by atoms with Crippen molar-refractivity contribution in [2.45, 2.75) is 12.5 Å². The van der Waals surface area contributed by atoms with Gasteiger partial charge in [0.05, 0.1) is 0 Å². The molecule has 0 heterocycles. The molecule has 1 aromatic carbocycles. The van der Waals surface area contributed by atoms with Crippen molar-refractivity contribution in [3.63, 3.8) is 0 Å². The summed E-state index contributed by atoms with van der Waals surface area (Å²) in [5, 5.41) is 8.59. The number of benzene rings is 1. The zero-order valence-corrected chi connectivity index (χ0v) is 9.24. The lowest BCUT2D eigenvalue weighted by Crippen LogP contribution is -2.32. The molecule has 1 amide bonds. The Hall–Kier alpha value is -1.59. The standard InChI is InChI=1S/C10H12N2O3.ClH/c11-8(10(14)15)5-6-1-3-7(4-2-6)9(12)13;/h1-4,8H,5,11H2,(H2,12,13)(H,14,15);1H/t8-;/m0./s1. The third-order valence-electron chi connectivity index (χ3n) is 2.01. The second kappa shape index (κ2) is 6.09. The quantitative estimate of drug-likeness (QED) is 0.701. The van der Waals surface area contributed by atoms with Gasteiger partial charge in [-0.3, -0.25) is 9.59 Å². The molecule has 16 heavy (non-hydrogen) atoms. The topological polar surface area (TPSA) is 106 Å². The summed E-state index contributed by atoms with van der Waals surface area (Å²) in [5.74, 6) is -1.56. The van der Waals surface area contributed by atoms with Gasteiger partial charge in [-0.05, 0) is 24.1 Å². The highest BCUT2D eigenvalue weighted by molar-refractivity contribution is 5.92. The van der Waals surface area contributed by atoms with E-state index in [1.807, 2.05) is 0 Å². The number of primary amides is 1. The van der Waals surface area contributed by atoms with E-state index in [4.69, 9.17) is 16.6 Å². The fourth-order valence-corrected chi connectivity index (χ4v) is 1.15. The van der Waals surface area contributed by atoms with Crippen molar-refractivity contribution < 1.29 is 14.7 Å². The Morgan fingerprint density at radius 2 is 1.75 bits per heavy atom. The normalized spacial score (nSPS) is 11.3. The minimum absolute atomic E-state index is 0. The monoisotopic (exact) mass is 244 g/mol. The molecule has 0 aromatic heterocycles. The third kappa shape index (κ3) is 3.88. The van der Waals surface area contributed by atoms with Crippen LogP contribution in [0.15, 0.2) is 24.3 Å². The number of carbonyl (C=O) groups excluding carboxylic acids is 1. The van der Waals surface area contributed by atoms with Crippen molar-refractivity contribution in [3.05, 3.63) is 35.4 Å². The first-order valence-corrected chi connectivity index (χ1v) is 4.38. The van der Waals surface area contributed by atoms with Crippen LogP contribution in [-0.4, -0.2) is 23.0 Å². The summed E-state index contributed by atoms with van der Waals surface area (Å²) in [6, 6.07) is 5.45. The van der Waals surface area contributed by atoms with E-state index in [1.54, 1.807) is 24.3 Å². The predicted octanol–water partition coefficient (Wildman–Crippen LogP) is 0.162. The molecule has 0 fully saturated rings. The van der Waals surface area contributed by atoms with Crippen LogP contribution < -0.4 is 11.5 Å². The lowest BCUT2D eigenvalue weighted by Gasteiger charge is -2.06. The van der Waals surface area contributed by atoms with Crippen molar-refractivity contribution in [1.29, 1.82) is 0 Å². The molecule has 88 valence electrons. The minimum Gasteiger partial charge on any atom is -0.480 e. The maximum atomic E-state index is 10.7. The van der Waals surface area contributed by atoms with Gasteiger partial charge < -0.3 is 16.6 Å². The van der Waals surface area contributed by atoms with Gasteiger partial charge in [0.2, 0.25) is 5.91 Å². The molecule has 5 N–H and O–H groups in total. The van der Waals surface area contributed by atoms with Crippen LogP contribution in [0.1, 0.15) is 15.9 Å². The van der Waals surface area contributed by atoms with Crippen LogP contribution in [0.4, 0.5) is 0 Å². The molecule has 6 heteroatoms. The molecule has 0 aliphatic heterocycles. The molecule has 0 saturated carbocycles. The Kier molecular flexibility index (Phi) is 5.49. The van der Waals surface area contributed by atoms with Crippen LogP contribution in [0.5, 0.6) is 0 Å². The average Bonchev–Trinajstić information content (AvgIpc) is 2.18. The second-order valence-corrected chi connectivity index (χ2v) is 3.21. The first-order valence-electron chi connectivity index (χ1n) is 4.38. The Balaban J connectivity index is 0.00000225. The fraction of sp³-hybridized carbons (Fsp3) is 0.200. The second-order valence-electron chi connectivity index (χ2n) is 3.21. The van der Waals surface area contributed by atoms with Gasteiger partial charge >= 0.3 is 5.97 Å². The lowest BCUT2D eigenvalue weighted by molar-refractivity contribution is -0.138. The number of carbonyl (C=O) groups is 2. The van der Waals surface area contributed by atoms with E-state index in [1.165, 1.54) is 0 Å². The molecule has 0 unspecified atom stereocenters. The first-order chi connectivity index (χ1) is 7.00. The highest BCUT2D eigenvalue weighted by Gasteiger charge is 2.11.